The predicted molar refractivity (Wildman–Crippen MR) is 33.8 cm³/mol. The van der Waals surface area contributed by atoms with E-state index in [0.29, 0.717) is 5.16 Å². The van der Waals surface area contributed by atoms with Crippen molar-refractivity contribution in [3.8, 4) is 0 Å². The zero-order valence-corrected chi connectivity index (χ0v) is 5.55. The molecule has 0 aromatic carbocycles. The lowest BCUT2D eigenvalue weighted by Crippen LogP contribution is -2.00. The third-order valence-corrected chi connectivity index (χ3v) is 1.42. The van der Waals surface area contributed by atoms with Gasteiger partial charge in [0.25, 0.3) is 0 Å². The van der Waals surface area contributed by atoms with E-state index in [-0.39, 0.29) is 0 Å². The van der Waals surface area contributed by atoms with Gasteiger partial charge in [-0.1, -0.05) is 27.1 Å². The summed E-state index contributed by atoms with van der Waals surface area (Å²) >= 11 is 0. The number of hydrogen-bond acceptors (Lipinski definition) is 0. The third-order valence-electron chi connectivity index (χ3n) is 0.474. The molecule has 0 radical (unpaired) electrons. The monoisotopic (exact) mass is 102 g/mol. The summed E-state index contributed by atoms with van der Waals surface area (Å²) in [5, 5.41) is 0.403. The Morgan fingerprint density at radius 2 is 1.50 bits per heavy atom. The summed E-state index contributed by atoms with van der Waals surface area (Å²) in [4.78, 5) is 0. The summed E-state index contributed by atoms with van der Waals surface area (Å²) < 4.78 is 0. The molecule has 0 amide bonds. The van der Waals surface area contributed by atoms with Crippen LogP contribution in [-0.2, 0) is 0 Å². The SMILES string of the molecule is C=PC(C)(C)C. The van der Waals surface area contributed by atoms with Gasteiger partial charge < -0.3 is 0 Å². The Morgan fingerprint density at radius 1 is 1.33 bits per heavy atom. The van der Waals surface area contributed by atoms with Gasteiger partial charge in [0.2, 0.25) is 0 Å². The van der Waals surface area contributed by atoms with Crippen LogP contribution < -0.4 is 0 Å². The first-order chi connectivity index (χ1) is 2.56. The molecule has 0 spiro atoms. The van der Waals surface area contributed by atoms with Crippen LogP contribution in [0, 0.1) is 0 Å². The van der Waals surface area contributed by atoms with Crippen LogP contribution in [0.15, 0.2) is 0 Å². The molecule has 0 aliphatic heterocycles. The molecule has 0 atom stereocenters. The van der Waals surface area contributed by atoms with Gasteiger partial charge in [-0.05, 0) is 0 Å². The van der Waals surface area contributed by atoms with E-state index in [1.165, 1.54) is 8.20 Å². The minimum absolute atomic E-state index is 0.403. The number of rotatable bonds is 0. The lowest BCUT2D eigenvalue weighted by Gasteiger charge is -2.07. The maximum absolute atomic E-state index is 3.73. The molecule has 0 N–H and O–H groups in total. The molecule has 0 aromatic rings. The Hall–Kier alpha value is 0.170. The molecule has 0 bridgehead atoms. The molecule has 0 aliphatic rings. The maximum atomic E-state index is 3.73. The van der Waals surface area contributed by atoms with Gasteiger partial charge >= 0.3 is 0 Å². The summed E-state index contributed by atoms with van der Waals surface area (Å²) in [5.41, 5.74) is 0. The second kappa shape index (κ2) is 1.75. The van der Waals surface area contributed by atoms with Crippen LogP contribution >= 0.6 is 8.20 Å². The normalized spacial score (nSPS) is 12.5. The predicted octanol–water partition coefficient (Wildman–Crippen LogP) is 2.16. The Morgan fingerprint density at radius 3 is 1.50 bits per heavy atom. The zero-order valence-electron chi connectivity index (χ0n) is 4.65. The molecular weight excluding hydrogens is 91.0 g/mol. The van der Waals surface area contributed by atoms with Crippen LogP contribution in [0.25, 0.3) is 0 Å². The van der Waals surface area contributed by atoms with E-state index in [2.05, 4.69) is 27.1 Å². The van der Waals surface area contributed by atoms with E-state index in [1.807, 2.05) is 0 Å². The fourth-order valence-corrected chi connectivity index (χ4v) is 0. The van der Waals surface area contributed by atoms with Gasteiger partial charge in [0, 0.05) is 5.16 Å². The first kappa shape index (κ1) is 6.17. The Labute approximate surface area is 41.4 Å². The highest BCUT2D eigenvalue weighted by Crippen LogP contribution is 2.18. The molecular formula is C5H11P. The van der Waals surface area contributed by atoms with Crippen molar-refractivity contribution in [3.05, 3.63) is 0 Å². The molecule has 0 rings (SSSR count). The van der Waals surface area contributed by atoms with Crippen molar-refractivity contribution in [3.63, 3.8) is 0 Å². The molecule has 0 saturated heterocycles. The fraction of sp³-hybridized carbons (Fsp3) is 0.800. The van der Waals surface area contributed by atoms with Crippen molar-refractivity contribution in [2.75, 3.05) is 0 Å². The molecule has 0 fully saturated rings. The van der Waals surface area contributed by atoms with Crippen LogP contribution in [0.3, 0.4) is 0 Å². The van der Waals surface area contributed by atoms with E-state index >= 15 is 0 Å². The summed E-state index contributed by atoms with van der Waals surface area (Å²) in [6, 6.07) is 0. The first-order valence-corrected chi connectivity index (χ1v) is 3.12. The van der Waals surface area contributed by atoms with Gasteiger partial charge in [-0.2, -0.15) is 0 Å². The van der Waals surface area contributed by atoms with Gasteiger partial charge in [-0.15, -0.1) is 8.20 Å². The van der Waals surface area contributed by atoms with Gasteiger partial charge in [0.05, 0.1) is 0 Å². The zero-order chi connectivity index (χ0) is 5.21. The van der Waals surface area contributed by atoms with Crippen LogP contribution in [0.5, 0.6) is 0 Å². The minimum Gasteiger partial charge on any atom is -0.106 e. The standard InChI is InChI=1S/C5H11P/c1-5(2,3)6-4/h4H2,1-3H3. The lowest BCUT2D eigenvalue weighted by atomic mass is 10.3. The minimum atomic E-state index is 0.403. The van der Waals surface area contributed by atoms with E-state index in [9.17, 15) is 0 Å². The van der Waals surface area contributed by atoms with E-state index < -0.39 is 0 Å². The average Bonchev–Trinajstić information content (AvgIpc) is 1.35. The molecule has 0 nitrogen and oxygen atoms in total. The van der Waals surface area contributed by atoms with Gasteiger partial charge in [0.1, 0.15) is 0 Å². The van der Waals surface area contributed by atoms with Gasteiger partial charge in [0.15, 0.2) is 0 Å². The summed E-state index contributed by atoms with van der Waals surface area (Å²) in [6.07, 6.45) is 3.73. The molecule has 6 heavy (non-hydrogen) atoms. The van der Waals surface area contributed by atoms with Crippen LogP contribution in [-0.4, -0.2) is 11.5 Å². The summed E-state index contributed by atoms with van der Waals surface area (Å²) in [5.74, 6) is 0. The van der Waals surface area contributed by atoms with Gasteiger partial charge in [-0.3, -0.25) is 0 Å². The quantitative estimate of drug-likeness (QED) is 0.411. The smallest absolute Gasteiger partial charge is 0.00317 e. The highest BCUT2D eigenvalue weighted by atomic mass is 31.1. The second-order valence-corrected chi connectivity index (χ2v) is 3.99. The van der Waals surface area contributed by atoms with Crippen LogP contribution in [0.2, 0.25) is 0 Å². The molecule has 36 valence electrons. The summed E-state index contributed by atoms with van der Waals surface area (Å²) in [6.45, 7) is 6.50. The lowest BCUT2D eigenvalue weighted by molar-refractivity contribution is 0.803. The highest BCUT2D eigenvalue weighted by Gasteiger charge is 2.00. The fourth-order valence-electron chi connectivity index (χ4n) is 0. The van der Waals surface area contributed by atoms with Crippen molar-refractivity contribution in [2.45, 2.75) is 25.9 Å². The largest absolute Gasteiger partial charge is 0.106 e. The second-order valence-electron chi connectivity index (χ2n) is 2.33. The van der Waals surface area contributed by atoms with Crippen molar-refractivity contribution in [1.29, 1.82) is 0 Å². The Bertz CT molecular complexity index is 49.4. The summed E-state index contributed by atoms with van der Waals surface area (Å²) in [7, 11) is 1.22. The number of hydrogen-bond donors (Lipinski definition) is 0. The van der Waals surface area contributed by atoms with E-state index in [4.69, 9.17) is 0 Å². The molecule has 0 aromatic heterocycles. The maximum Gasteiger partial charge on any atom is 0.00317 e. The van der Waals surface area contributed by atoms with Gasteiger partial charge in [-0.25, -0.2) is 0 Å². The molecule has 1 heteroatoms. The average molecular weight is 102 g/mol. The topological polar surface area (TPSA) is 0 Å². The van der Waals surface area contributed by atoms with E-state index in [1.54, 1.807) is 0 Å². The van der Waals surface area contributed by atoms with Crippen LogP contribution in [0.1, 0.15) is 20.8 Å². The van der Waals surface area contributed by atoms with Crippen molar-refractivity contribution in [2.24, 2.45) is 0 Å². The van der Waals surface area contributed by atoms with Crippen molar-refractivity contribution < 1.29 is 0 Å². The van der Waals surface area contributed by atoms with E-state index in [0.717, 1.165) is 0 Å². The molecule has 0 unspecified atom stereocenters. The van der Waals surface area contributed by atoms with Crippen molar-refractivity contribution in [1.82, 2.24) is 0 Å². The van der Waals surface area contributed by atoms with Crippen LogP contribution in [0.4, 0.5) is 0 Å². The third kappa shape index (κ3) is 4.17. The molecule has 0 saturated carbocycles. The molecule has 0 heterocycles. The molecule has 0 aliphatic carbocycles. The van der Waals surface area contributed by atoms with Crippen molar-refractivity contribution >= 4 is 14.5 Å². The highest BCUT2D eigenvalue weighted by molar-refractivity contribution is 7.38. The first-order valence-electron chi connectivity index (χ1n) is 2.04. The Balaban J connectivity index is 3.45. The Kier molecular flexibility index (Phi) is 1.80.